The second-order valence-corrected chi connectivity index (χ2v) is 3.87. The van der Waals surface area contributed by atoms with Crippen LogP contribution in [0.5, 0.6) is 0 Å². The highest BCUT2D eigenvalue weighted by Crippen LogP contribution is 2.12. The van der Waals surface area contributed by atoms with Crippen molar-refractivity contribution in [2.75, 3.05) is 6.54 Å². The van der Waals surface area contributed by atoms with Crippen LogP contribution in [0.1, 0.15) is 33.6 Å². The summed E-state index contributed by atoms with van der Waals surface area (Å²) in [6.07, 6.45) is 2.20. The van der Waals surface area contributed by atoms with E-state index in [0.717, 1.165) is 19.4 Å². The summed E-state index contributed by atoms with van der Waals surface area (Å²) < 4.78 is 0. The molecule has 0 aliphatic rings. The highest BCUT2D eigenvalue weighted by molar-refractivity contribution is 4.72. The van der Waals surface area contributed by atoms with E-state index in [1.54, 1.807) is 0 Å². The van der Waals surface area contributed by atoms with Gasteiger partial charge in [-0.3, -0.25) is 0 Å². The molecule has 0 spiro atoms. The van der Waals surface area contributed by atoms with E-state index in [1.807, 2.05) is 0 Å². The summed E-state index contributed by atoms with van der Waals surface area (Å²) in [5.41, 5.74) is 11.2. The van der Waals surface area contributed by atoms with Crippen molar-refractivity contribution in [1.82, 2.24) is 0 Å². The van der Waals surface area contributed by atoms with Gasteiger partial charge in [-0.25, -0.2) is 0 Å². The zero-order valence-corrected chi connectivity index (χ0v) is 7.35. The molecule has 0 aromatic heterocycles. The van der Waals surface area contributed by atoms with E-state index in [-0.39, 0.29) is 5.54 Å². The highest BCUT2D eigenvalue weighted by atomic mass is 14.7. The van der Waals surface area contributed by atoms with Crippen LogP contribution in [-0.2, 0) is 0 Å². The van der Waals surface area contributed by atoms with Crippen molar-refractivity contribution in [3.05, 3.63) is 0 Å². The van der Waals surface area contributed by atoms with Crippen LogP contribution in [-0.4, -0.2) is 12.1 Å². The zero-order valence-electron chi connectivity index (χ0n) is 7.35. The van der Waals surface area contributed by atoms with E-state index in [1.165, 1.54) is 0 Å². The Hall–Kier alpha value is -0.0800. The molecule has 0 rings (SSSR count). The van der Waals surface area contributed by atoms with Crippen LogP contribution in [0.4, 0.5) is 0 Å². The maximum atomic E-state index is 5.80. The molecule has 0 saturated heterocycles. The van der Waals surface area contributed by atoms with Crippen LogP contribution >= 0.6 is 0 Å². The Morgan fingerprint density at radius 3 is 2.20 bits per heavy atom. The van der Waals surface area contributed by atoms with E-state index in [0.29, 0.717) is 5.92 Å². The average molecular weight is 144 g/mol. The van der Waals surface area contributed by atoms with Gasteiger partial charge in [0, 0.05) is 5.54 Å². The summed E-state index contributed by atoms with van der Waals surface area (Å²) >= 11 is 0. The van der Waals surface area contributed by atoms with Crippen molar-refractivity contribution >= 4 is 0 Å². The van der Waals surface area contributed by atoms with Gasteiger partial charge in [0.05, 0.1) is 0 Å². The maximum Gasteiger partial charge on any atom is 0.00971 e. The first-order valence-corrected chi connectivity index (χ1v) is 3.94. The Morgan fingerprint density at radius 2 is 1.90 bits per heavy atom. The van der Waals surface area contributed by atoms with Crippen molar-refractivity contribution in [3.8, 4) is 0 Å². The Bertz CT molecular complexity index is 83.7. The summed E-state index contributed by atoms with van der Waals surface area (Å²) in [7, 11) is 0. The summed E-state index contributed by atoms with van der Waals surface area (Å²) in [4.78, 5) is 0. The lowest BCUT2D eigenvalue weighted by molar-refractivity contribution is 0.404. The fourth-order valence-electron chi connectivity index (χ4n) is 0.736. The molecule has 1 atom stereocenters. The second kappa shape index (κ2) is 3.94. The molecule has 0 bridgehead atoms. The van der Waals surface area contributed by atoms with Gasteiger partial charge < -0.3 is 11.5 Å². The quantitative estimate of drug-likeness (QED) is 0.620. The molecule has 1 unspecified atom stereocenters. The van der Waals surface area contributed by atoms with Crippen LogP contribution in [0.3, 0.4) is 0 Å². The molecule has 0 aliphatic heterocycles. The molecule has 2 heteroatoms. The third-order valence-corrected chi connectivity index (χ3v) is 1.68. The first kappa shape index (κ1) is 9.92. The topological polar surface area (TPSA) is 52.0 Å². The molecular weight excluding hydrogens is 124 g/mol. The summed E-state index contributed by atoms with van der Waals surface area (Å²) in [5, 5.41) is 0. The average Bonchev–Trinajstić information content (AvgIpc) is 1.81. The van der Waals surface area contributed by atoms with Crippen LogP contribution in [0.25, 0.3) is 0 Å². The van der Waals surface area contributed by atoms with Gasteiger partial charge in [0.2, 0.25) is 0 Å². The number of hydrogen-bond donors (Lipinski definition) is 2. The maximum absolute atomic E-state index is 5.80. The van der Waals surface area contributed by atoms with Crippen molar-refractivity contribution in [2.24, 2.45) is 17.4 Å². The van der Waals surface area contributed by atoms with Crippen molar-refractivity contribution < 1.29 is 0 Å². The summed E-state index contributed by atoms with van der Waals surface area (Å²) in [5.74, 6) is 0.614. The minimum Gasteiger partial charge on any atom is -0.330 e. The van der Waals surface area contributed by atoms with Gasteiger partial charge in [-0.15, -0.1) is 0 Å². The fourth-order valence-corrected chi connectivity index (χ4v) is 0.736. The molecule has 0 radical (unpaired) electrons. The molecule has 62 valence electrons. The van der Waals surface area contributed by atoms with E-state index in [9.17, 15) is 0 Å². The van der Waals surface area contributed by atoms with Gasteiger partial charge >= 0.3 is 0 Å². The molecule has 0 amide bonds. The van der Waals surface area contributed by atoms with Crippen LogP contribution in [0.2, 0.25) is 0 Å². The predicted octanol–water partition coefficient (Wildman–Crippen LogP) is 1.10. The lowest BCUT2D eigenvalue weighted by Crippen LogP contribution is -2.32. The SMILES string of the molecule is CC(CN)CCC(C)(C)N. The smallest absolute Gasteiger partial charge is 0.00971 e. The van der Waals surface area contributed by atoms with Crippen LogP contribution < -0.4 is 11.5 Å². The van der Waals surface area contributed by atoms with Crippen molar-refractivity contribution in [3.63, 3.8) is 0 Å². The lowest BCUT2D eigenvalue weighted by atomic mass is 9.94. The third-order valence-electron chi connectivity index (χ3n) is 1.68. The fraction of sp³-hybridized carbons (Fsp3) is 1.00. The summed E-state index contributed by atoms with van der Waals surface area (Å²) in [6.45, 7) is 7.04. The standard InChI is InChI=1S/C8H20N2/c1-7(6-9)4-5-8(2,3)10/h7H,4-6,9-10H2,1-3H3. The zero-order chi connectivity index (χ0) is 8.20. The van der Waals surface area contributed by atoms with Crippen LogP contribution in [0.15, 0.2) is 0 Å². The number of rotatable bonds is 4. The van der Waals surface area contributed by atoms with E-state index in [2.05, 4.69) is 20.8 Å². The molecule has 0 aliphatic carbocycles. The Morgan fingerprint density at radius 1 is 1.40 bits per heavy atom. The normalized spacial score (nSPS) is 15.3. The van der Waals surface area contributed by atoms with E-state index < -0.39 is 0 Å². The number of hydrogen-bond acceptors (Lipinski definition) is 2. The molecule has 0 heterocycles. The molecular formula is C8H20N2. The van der Waals surface area contributed by atoms with Gasteiger partial charge in [-0.1, -0.05) is 6.92 Å². The Balaban J connectivity index is 3.36. The molecule has 0 fully saturated rings. The second-order valence-electron chi connectivity index (χ2n) is 3.87. The minimum atomic E-state index is -0.0244. The lowest BCUT2D eigenvalue weighted by Gasteiger charge is -2.20. The minimum absolute atomic E-state index is 0.0244. The van der Waals surface area contributed by atoms with Gasteiger partial charge in [-0.2, -0.15) is 0 Å². The van der Waals surface area contributed by atoms with Gasteiger partial charge in [0.1, 0.15) is 0 Å². The van der Waals surface area contributed by atoms with E-state index in [4.69, 9.17) is 11.5 Å². The van der Waals surface area contributed by atoms with Gasteiger partial charge in [0.25, 0.3) is 0 Å². The van der Waals surface area contributed by atoms with Crippen molar-refractivity contribution in [1.29, 1.82) is 0 Å². The highest BCUT2D eigenvalue weighted by Gasteiger charge is 2.11. The van der Waals surface area contributed by atoms with Crippen LogP contribution in [0, 0.1) is 5.92 Å². The molecule has 2 nitrogen and oxygen atoms in total. The largest absolute Gasteiger partial charge is 0.330 e. The summed E-state index contributed by atoms with van der Waals surface area (Å²) in [6, 6.07) is 0. The molecule has 0 aromatic carbocycles. The van der Waals surface area contributed by atoms with Gasteiger partial charge in [-0.05, 0) is 39.2 Å². The third kappa shape index (κ3) is 6.05. The Kier molecular flexibility index (Phi) is 3.91. The van der Waals surface area contributed by atoms with Gasteiger partial charge in [0.15, 0.2) is 0 Å². The molecule has 4 N–H and O–H groups in total. The number of nitrogens with two attached hydrogens (primary N) is 2. The predicted molar refractivity (Wildman–Crippen MR) is 45.7 cm³/mol. The van der Waals surface area contributed by atoms with Crippen molar-refractivity contribution in [2.45, 2.75) is 39.2 Å². The first-order chi connectivity index (χ1) is 4.45. The monoisotopic (exact) mass is 144 g/mol. The molecule has 0 saturated carbocycles. The van der Waals surface area contributed by atoms with E-state index >= 15 is 0 Å². The first-order valence-electron chi connectivity index (χ1n) is 3.94. The molecule has 0 aromatic rings. The molecule has 10 heavy (non-hydrogen) atoms. The Labute approximate surface area is 64.0 Å².